The number of furan rings is 1. The second kappa shape index (κ2) is 14.8. The Kier molecular flexibility index (Phi) is 8.53. The minimum absolute atomic E-state index is 0.886. The normalized spacial score (nSPS) is 11.5. The van der Waals surface area contributed by atoms with Crippen molar-refractivity contribution in [2.75, 3.05) is 4.90 Å². The first-order valence-corrected chi connectivity index (χ1v) is 21.2. The third-order valence-corrected chi connectivity index (χ3v) is 12.4. The van der Waals surface area contributed by atoms with Crippen molar-refractivity contribution >= 4 is 71.3 Å². The first kappa shape index (κ1) is 35.7. The number of anilines is 3. The molecule has 0 spiro atoms. The zero-order chi connectivity index (χ0) is 41.0. The first-order valence-electron chi connectivity index (χ1n) is 21.2. The summed E-state index contributed by atoms with van der Waals surface area (Å²) < 4.78 is 6.37. The number of rotatable bonds is 7. The van der Waals surface area contributed by atoms with Gasteiger partial charge in [0.2, 0.25) is 0 Å². The fraction of sp³-hybridized carbons (Fsp3) is 0. The van der Waals surface area contributed by atoms with Gasteiger partial charge in [0.1, 0.15) is 11.2 Å². The smallest absolute Gasteiger partial charge is 0.136 e. The minimum Gasteiger partial charge on any atom is -0.456 e. The second-order valence-electron chi connectivity index (χ2n) is 16.0. The Labute approximate surface area is 360 Å². The summed E-state index contributed by atoms with van der Waals surface area (Å²) in [6.07, 6.45) is 0. The Morgan fingerprint density at radius 3 is 1.71 bits per heavy atom. The Morgan fingerprint density at radius 2 is 0.839 bits per heavy atom. The molecule has 1 aromatic heterocycles. The highest BCUT2D eigenvalue weighted by Gasteiger charge is 2.21. The monoisotopic (exact) mass is 789 g/mol. The van der Waals surface area contributed by atoms with Gasteiger partial charge in [-0.1, -0.05) is 188 Å². The molecular formula is C60H39NO. The van der Waals surface area contributed by atoms with Gasteiger partial charge in [-0.15, -0.1) is 0 Å². The van der Waals surface area contributed by atoms with Gasteiger partial charge in [0.25, 0.3) is 0 Å². The molecule has 0 aliphatic heterocycles. The van der Waals surface area contributed by atoms with Crippen LogP contribution in [-0.2, 0) is 0 Å². The van der Waals surface area contributed by atoms with Crippen LogP contribution < -0.4 is 4.90 Å². The molecule has 62 heavy (non-hydrogen) atoms. The van der Waals surface area contributed by atoms with E-state index in [1.54, 1.807) is 0 Å². The molecule has 0 aliphatic carbocycles. The van der Waals surface area contributed by atoms with Crippen molar-refractivity contribution in [3.05, 3.63) is 237 Å². The molecule has 0 unspecified atom stereocenters. The van der Waals surface area contributed by atoms with Crippen LogP contribution in [0.2, 0.25) is 0 Å². The zero-order valence-electron chi connectivity index (χ0n) is 33.9. The number of hydrogen-bond donors (Lipinski definition) is 0. The van der Waals surface area contributed by atoms with Crippen LogP contribution in [0.15, 0.2) is 241 Å². The van der Waals surface area contributed by atoms with E-state index in [0.717, 1.165) is 61.3 Å². The second-order valence-corrected chi connectivity index (χ2v) is 16.0. The third-order valence-electron chi connectivity index (χ3n) is 12.4. The molecule has 11 aromatic carbocycles. The van der Waals surface area contributed by atoms with E-state index in [1.807, 2.05) is 12.1 Å². The SMILES string of the molecule is c1ccc(-c2cccc3cccc(-c4ccccc4N(c4cccc(-c5ccc6c(c5)oc5ccccc56)c4)c4cccc(-c5cccc6c5ccc5ccccc56)c4)c23)cc1. The fourth-order valence-electron chi connectivity index (χ4n) is 9.58. The van der Waals surface area contributed by atoms with Crippen molar-refractivity contribution in [1.82, 2.24) is 0 Å². The fourth-order valence-corrected chi connectivity index (χ4v) is 9.58. The van der Waals surface area contributed by atoms with E-state index in [1.165, 1.54) is 54.6 Å². The Morgan fingerprint density at radius 1 is 0.274 bits per heavy atom. The van der Waals surface area contributed by atoms with Crippen molar-refractivity contribution < 1.29 is 4.42 Å². The van der Waals surface area contributed by atoms with Crippen molar-refractivity contribution in [3.63, 3.8) is 0 Å². The van der Waals surface area contributed by atoms with E-state index in [2.05, 4.69) is 229 Å². The summed E-state index contributed by atoms with van der Waals surface area (Å²) in [6.45, 7) is 0. The molecule has 0 aliphatic rings. The largest absolute Gasteiger partial charge is 0.456 e. The predicted molar refractivity (Wildman–Crippen MR) is 263 cm³/mol. The highest BCUT2D eigenvalue weighted by Crippen LogP contribution is 2.46. The lowest BCUT2D eigenvalue weighted by Gasteiger charge is -2.29. The number of fused-ring (bicyclic) bond motifs is 7. The van der Waals surface area contributed by atoms with Gasteiger partial charge in [-0.3, -0.25) is 0 Å². The minimum atomic E-state index is 0.886. The van der Waals surface area contributed by atoms with E-state index >= 15 is 0 Å². The van der Waals surface area contributed by atoms with Crippen LogP contribution in [0.1, 0.15) is 0 Å². The highest BCUT2D eigenvalue weighted by molar-refractivity contribution is 6.13. The zero-order valence-corrected chi connectivity index (χ0v) is 33.9. The average Bonchev–Trinajstić information content (AvgIpc) is 3.72. The van der Waals surface area contributed by atoms with Gasteiger partial charge in [-0.05, 0) is 120 Å². The molecule has 0 fully saturated rings. The summed E-state index contributed by atoms with van der Waals surface area (Å²) in [5.74, 6) is 0. The molecular weight excluding hydrogens is 751 g/mol. The molecule has 290 valence electrons. The van der Waals surface area contributed by atoms with E-state index in [0.29, 0.717) is 0 Å². The summed E-state index contributed by atoms with van der Waals surface area (Å²) in [7, 11) is 0. The Bertz CT molecular complexity index is 3650. The van der Waals surface area contributed by atoms with E-state index in [-0.39, 0.29) is 0 Å². The van der Waals surface area contributed by atoms with Crippen LogP contribution in [0.4, 0.5) is 17.1 Å². The summed E-state index contributed by atoms with van der Waals surface area (Å²) >= 11 is 0. The van der Waals surface area contributed by atoms with Crippen LogP contribution >= 0.6 is 0 Å². The lowest BCUT2D eigenvalue weighted by Crippen LogP contribution is -2.11. The molecule has 0 radical (unpaired) electrons. The molecule has 12 rings (SSSR count). The van der Waals surface area contributed by atoms with Crippen LogP contribution in [0.25, 0.3) is 98.8 Å². The highest BCUT2D eigenvalue weighted by atomic mass is 16.3. The summed E-state index contributed by atoms with van der Waals surface area (Å²) in [5.41, 5.74) is 14.3. The molecule has 12 aromatic rings. The van der Waals surface area contributed by atoms with Crippen molar-refractivity contribution in [2.24, 2.45) is 0 Å². The van der Waals surface area contributed by atoms with E-state index < -0.39 is 0 Å². The number of hydrogen-bond acceptors (Lipinski definition) is 2. The van der Waals surface area contributed by atoms with Crippen LogP contribution in [-0.4, -0.2) is 0 Å². The lowest BCUT2D eigenvalue weighted by molar-refractivity contribution is 0.669. The maximum atomic E-state index is 6.37. The van der Waals surface area contributed by atoms with Crippen molar-refractivity contribution in [2.45, 2.75) is 0 Å². The average molecular weight is 790 g/mol. The van der Waals surface area contributed by atoms with Crippen LogP contribution in [0.3, 0.4) is 0 Å². The van der Waals surface area contributed by atoms with Crippen molar-refractivity contribution in [3.8, 4) is 44.5 Å². The quantitative estimate of drug-likeness (QED) is 0.150. The van der Waals surface area contributed by atoms with Gasteiger partial charge in [0.15, 0.2) is 0 Å². The Balaban J connectivity index is 1.07. The van der Waals surface area contributed by atoms with Gasteiger partial charge >= 0.3 is 0 Å². The molecule has 1 heterocycles. The lowest BCUT2D eigenvalue weighted by atomic mass is 9.90. The van der Waals surface area contributed by atoms with Gasteiger partial charge in [0.05, 0.1) is 5.69 Å². The summed E-state index contributed by atoms with van der Waals surface area (Å²) in [5, 5.41) is 9.71. The van der Waals surface area contributed by atoms with Gasteiger partial charge in [0, 0.05) is 27.7 Å². The molecule has 0 bridgehead atoms. The molecule has 0 N–H and O–H groups in total. The summed E-state index contributed by atoms with van der Waals surface area (Å²) in [4.78, 5) is 2.44. The number of para-hydroxylation sites is 2. The predicted octanol–water partition coefficient (Wildman–Crippen LogP) is 17.2. The standard InChI is InChI=1S/C60H39NO/c1-2-15-40(16-3-1)50-28-12-18-42-19-13-30-56(60(42)50)53-25-6-8-31-57(53)61(46-22-10-20-43(37-46)44-34-36-55-54-26-7-9-32-58(54)62-59(55)39-44)47-23-11-21-45(38-47)49-27-14-29-51-48-24-5-4-17-41(48)33-35-52(49)51/h1-39H. The number of nitrogens with zero attached hydrogens (tertiary/aromatic N) is 1. The molecule has 0 saturated heterocycles. The van der Waals surface area contributed by atoms with Gasteiger partial charge in [-0.2, -0.15) is 0 Å². The van der Waals surface area contributed by atoms with Gasteiger partial charge < -0.3 is 9.32 Å². The summed E-state index contributed by atoms with van der Waals surface area (Å²) in [6, 6.07) is 85.6. The van der Waals surface area contributed by atoms with Gasteiger partial charge in [-0.25, -0.2) is 0 Å². The van der Waals surface area contributed by atoms with Crippen molar-refractivity contribution in [1.29, 1.82) is 0 Å². The topological polar surface area (TPSA) is 16.4 Å². The molecule has 0 atom stereocenters. The first-order chi connectivity index (χ1) is 30.7. The molecule has 2 heteroatoms. The third kappa shape index (κ3) is 6.04. The maximum Gasteiger partial charge on any atom is 0.136 e. The van der Waals surface area contributed by atoms with E-state index in [9.17, 15) is 0 Å². The Hall–Kier alpha value is -8.20. The molecule has 2 nitrogen and oxygen atoms in total. The van der Waals surface area contributed by atoms with Crippen LogP contribution in [0.5, 0.6) is 0 Å². The maximum absolute atomic E-state index is 6.37. The number of benzene rings is 11. The molecule has 0 saturated carbocycles. The van der Waals surface area contributed by atoms with E-state index in [4.69, 9.17) is 4.42 Å². The molecule has 0 amide bonds. The van der Waals surface area contributed by atoms with Crippen LogP contribution in [0, 0.1) is 0 Å².